The maximum absolute atomic E-state index is 13.7. The lowest BCUT2D eigenvalue weighted by atomic mass is 9.91. The third-order valence-electron chi connectivity index (χ3n) is 3.95. The predicted molar refractivity (Wildman–Crippen MR) is 78.6 cm³/mol. The van der Waals surface area contributed by atoms with Crippen LogP contribution in [0, 0.1) is 5.82 Å². The molecule has 3 N–H and O–H groups in total. The van der Waals surface area contributed by atoms with Gasteiger partial charge in [0.1, 0.15) is 0 Å². The molecule has 2 rings (SSSR count). The first-order valence-electron chi connectivity index (χ1n) is 7.17. The van der Waals surface area contributed by atoms with Gasteiger partial charge in [-0.1, -0.05) is 12.8 Å². The Morgan fingerprint density at radius 2 is 2.10 bits per heavy atom. The molecular formula is C15H23FN2O2. The van der Waals surface area contributed by atoms with Crippen LogP contribution in [-0.2, 0) is 0 Å². The number of aliphatic hydroxyl groups is 1. The predicted octanol–water partition coefficient (Wildman–Crippen LogP) is 2.55. The smallest absolute Gasteiger partial charge is 0.167 e. The van der Waals surface area contributed by atoms with Gasteiger partial charge >= 0.3 is 0 Å². The van der Waals surface area contributed by atoms with Crippen molar-refractivity contribution >= 4 is 11.4 Å². The lowest BCUT2D eigenvalue weighted by Gasteiger charge is -2.37. The van der Waals surface area contributed by atoms with Crippen LogP contribution in [0.3, 0.4) is 0 Å². The highest BCUT2D eigenvalue weighted by atomic mass is 19.1. The van der Waals surface area contributed by atoms with Crippen LogP contribution in [0.1, 0.15) is 32.6 Å². The fourth-order valence-electron chi connectivity index (χ4n) is 2.85. The number of hydrogen-bond donors (Lipinski definition) is 2. The monoisotopic (exact) mass is 282 g/mol. The van der Waals surface area contributed by atoms with E-state index in [2.05, 4.69) is 0 Å². The van der Waals surface area contributed by atoms with Crippen molar-refractivity contribution in [2.24, 2.45) is 0 Å². The van der Waals surface area contributed by atoms with Crippen molar-refractivity contribution in [3.8, 4) is 5.75 Å². The normalized spacial score (nSPS) is 22.6. The Morgan fingerprint density at radius 3 is 2.75 bits per heavy atom. The summed E-state index contributed by atoms with van der Waals surface area (Å²) < 4.78 is 19.0. The number of anilines is 2. The average Bonchev–Trinajstić information content (AvgIpc) is 2.42. The summed E-state index contributed by atoms with van der Waals surface area (Å²) in [6.07, 6.45) is 3.49. The van der Waals surface area contributed by atoms with Gasteiger partial charge in [-0.3, -0.25) is 0 Å². The molecular weight excluding hydrogens is 259 g/mol. The Morgan fingerprint density at radius 1 is 1.40 bits per heavy atom. The summed E-state index contributed by atoms with van der Waals surface area (Å²) >= 11 is 0. The van der Waals surface area contributed by atoms with Gasteiger partial charge in [0.15, 0.2) is 11.6 Å². The van der Waals surface area contributed by atoms with Gasteiger partial charge in [0.25, 0.3) is 0 Å². The topological polar surface area (TPSA) is 58.7 Å². The number of aliphatic hydroxyl groups excluding tert-OH is 1. The van der Waals surface area contributed by atoms with Crippen molar-refractivity contribution in [1.29, 1.82) is 0 Å². The molecule has 0 aliphatic heterocycles. The van der Waals surface area contributed by atoms with Crippen LogP contribution >= 0.6 is 0 Å². The molecule has 0 bridgehead atoms. The number of hydrogen-bond acceptors (Lipinski definition) is 4. The molecule has 0 saturated heterocycles. The van der Waals surface area contributed by atoms with Gasteiger partial charge in [-0.2, -0.15) is 0 Å². The van der Waals surface area contributed by atoms with Crippen molar-refractivity contribution in [3.63, 3.8) is 0 Å². The molecule has 112 valence electrons. The highest BCUT2D eigenvalue weighted by Crippen LogP contribution is 2.34. The van der Waals surface area contributed by atoms with E-state index >= 15 is 0 Å². The standard InChI is InChI=1S/C15H23FN2O2/c1-3-20-15-9-13(11(17)8-10(15)16)18(2)12-6-4-5-7-14(12)19/h8-9,12,14,19H,3-7,17H2,1-2H3. The van der Waals surface area contributed by atoms with Crippen molar-refractivity contribution in [3.05, 3.63) is 17.9 Å². The molecule has 4 nitrogen and oxygen atoms in total. The third kappa shape index (κ3) is 2.98. The summed E-state index contributed by atoms with van der Waals surface area (Å²) in [6.45, 7) is 2.21. The van der Waals surface area contributed by atoms with E-state index < -0.39 is 5.82 Å². The summed E-state index contributed by atoms with van der Waals surface area (Å²) in [7, 11) is 1.89. The third-order valence-corrected chi connectivity index (χ3v) is 3.95. The van der Waals surface area contributed by atoms with Gasteiger partial charge < -0.3 is 20.5 Å². The van der Waals surface area contributed by atoms with E-state index in [1.165, 1.54) is 6.07 Å². The summed E-state index contributed by atoms with van der Waals surface area (Å²) in [4.78, 5) is 1.95. The molecule has 2 atom stereocenters. The van der Waals surface area contributed by atoms with E-state index in [0.717, 1.165) is 25.7 Å². The number of nitrogen functional groups attached to an aromatic ring is 1. The van der Waals surface area contributed by atoms with Crippen molar-refractivity contribution < 1.29 is 14.2 Å². The van der Waals surface area contributed by atoms with Crippen LogP contribution in [0.4, 0.5) is 15.8 Å². The highest BCUT2D eigenvalue weighted by Gasteiger charge is 2.28. The molecule has 0 amide bonds. The van der Waals surface area contributed by atoms with Crippen LogP contribution < -0.4 is 15.4 Å². The van der Waals surface area contributed by atoms with E-state index in [1.807, 2.05) is 18.9 Å². The Bertz CT molecular complexity index is 467. The molecule has 2 unspecified atom stereocenters. The molecule has 0 heterocycles. The van der Waals surface area contributed by atoms with Crippen LogP contribution in [-0.4, -0.2) is 30.9 Å². The van der Waals surface area contributed by atoms with E-state index in [9.17, 15) is 9.50 Å². The number of likely N-dealkylation sites (N-methyl/N-ethyl adjacent to an activating group) is 1. The summed E-state index contributed by atoms with van der Waals surface area (Å²) in [6, 6.07) is 2.92. The van der Waals surface area contributed by atoms with Crippen molar-refractivity contribution in [1.82, 2.24) is 0 Å². The SMILES string of the molecule is CCOc1cc(N(C)C2CCCCC2O)c(N)cc1F. The molecule has 1 aliphatic carbocycles. The molecule has 1 saturated carbocycles. The molecule has 0 radical (unpaired) electrons. The zero-order chi connectivity index (χ0) is 14.7. The number of rotatable bonds is 4. The maximum Gasteiger partial charge on any atom is 0.167 e. The molecule has 5 heteroatoms. The molecule has 0 spiro atoms. The molecule has 1 aromatic carbocycles. The minimum atomic E-state index is -0.453. The van der Waals surface area contributed by atoms with Crippen molar-refractivity contribution in [2.75, 3.05) is 24.3 Å². The highest BCUT2D eigenvalue weighted by molar-refractivity contribution is 5.70. The zero-order valence-corrected chi connectivity index (χ0v) is 12.1. The van der Waals surface area contributed by atoms with Gasteiger partial charge in [-0.25, -0.2) is 4.39 Å². The molecule has 20 heavy (non-hydrogen) atoms. The van der Waals surface area contributed by atoms with Crippen LogP contribution in [0.2, 0.25) is 0 Å². The van der Waals surface area contributed by atoms with Gasteiger partial charge in [-0.15, -0.1) is 0 Å². The molecule has 1 fully saturated rings. The number of benzene rings is 1. The Hall–Kier alpha value is -1.49. The molecule has 0 aromatic heterocycles. The number of nitrogens with two attached hydrogens (primary N) is 1. The van der Waals surface area contributed by atoms with E-state index in [0.29, 0.717) is 18.0 Å². The summed E-state index contributed by atoms with van der Waals surface area (Å²) in [5.74, 6) is -0.250. The van der Waals surface area contributed by atoms with Crippen LogP contribution in [0.25, 0.3) is 0 Å². The number of ether oxygens (including phenoxy) is 1. The van der Waals surface area contributed by atoms with Gasteiger partial charge in [0.2, 0.25) is 0 Å². The van der Waals surface area contributed by atoms with Gasteiger partial charge in [-0.05, 0) is 19.8 Å². The van der Waals surface area contributed by atoms with E-state index in [-0.39, 0.29) is 17.9 Å². The minimum Gasteiger partial charge on any atom is -0.491 e. The summed E-state index contributed by atoms with van der Waals surface area (Å²) in [5.41, 5.74) is 7.00. The molecule has 1 aliphatic rings. The zero-order valence-electron chi connectivity index (χ0n) is 12.1. The Labute approximate surface area is 119 Å². The van der Waals surface area contributed by atoms with E-state index in [4.69, 9.17) is 10.5 Å². The van der Waals surface area contributed by atoms with Gasteiger partial charge in [0.05, 0.1) is 30.1 Å². The van der Waals surface area contributed by atoms with Gasteiger partial charge in [0, 0.05) is 19.2 Å². The lowest BCUT2D eigenvalue weighted by molar-refractivity contribution is 0.106. The van der Waals surface area contributed by atoms with E-state index in [1.54, 1.807) is 6.07 Å². The minimum absolute atomic E-state index is 0.0194. The first kappa shape index (κ1) is 14.9. The van der Waals surface area contributed by atoms with Crippen LogP contribution in [0.5, 0.6) is 5.75 Å². The largest absolute Gasteiger partial charge is 0.491 e. The summed E-state index contributed by atoms with van der Waals surface area (Å²) in [5, 5.41) is 10.1. The first-order valence-corrected chi connectivity index (χ1v) is 7.17. The Balaban J connectivity index is 2.28. The van der Waals surface area contributed by atoms with Crippen LogP contribution in [0.15, 0.2) is 12.1 Å². The fourth-order valence-corrected chi connectivity index (χ4v) is 2.85. The quantitative estimate of drug-likeness (QED) is 0.833. The Kier molecular flexibility index (Phi) is 4.70. The number of nitrogens with zero attached hydrogens (tertiary/aromatic N) is 1. The second-order valence-electron chi connectivity index (χ2n) is 5.30. The lowest BCUT2D eigenvalue weighted by Crippen LogP contribution is -2.43. The fraction of sp³-hybridized carbons (Fsp3) is 0.600. The second-order valence-corrected chi connectivity index (χ2v) is 5.30. The maximum atomic E-state index is 13.7. The molecule has 1 aromatic rings. The van der Waals surface area contributed by atoms with Crippen molar-refractivity contribution in [2.45, 2.75) is 44.8 Å². The first-order chi connectivity index (χ1) is 9.54. The second kappa shape index (κ2) is 6.31. The number of halogens is 1. The average molecular weight is 282 g/mol.